The van der Waals surface area contributed by atoms with Crippen molar-refractivity contribution in [2.75, 3.05) is 13.1 Å². The minimum Gasteiger partial charge on any atom is -0.324 e. The third-order valence-electron chi connectivity index (χ3n) is 4.63. The van der Waals surface area contributed by atoms with E-state index in [1.54, 1.807) is 6.07 Å². The molecular formula is C15H16F3N3. The van der Waals surface area contributed by atoms with Gasteiger partial charge in [-0.1, -0.05) is 12.1 Å². The van der Waals surface area contributed by atoms with Crippen LogP contribution in [0, 0.1) is 0 Å². The molecule has 3 nitrogen and oxygen atoms in total. The monoisotopic (exact) mass is 295 g/mol. The highest BCUT2D eigenvalue weighted by atomic mass is 19.4. The van der Waals surface area contributed by atoms with Crippen molar-refractivity contribution >= 4 is 11.0 Å². The fourth-order valence-electron chi connectivity index (χ4n) is 3.34. The molecule has 4 rings (SSSR count). The second-order valence-corrected chi connectivity index (χ2v) is 6.03. The molecule has 1 N–H and O–H groups in total. The first-order valence-corrected chi connectivity index (χ1v) is 7.28. The van der Waals surface area contributed by atoms with Crippen LogP contribution in [0.25, 0.3) is 11.0 Å². The van der Waals surface area contributed by atoms with E-state index in [0.29, 0.717) is 12.1 Å². The molecule has 1 aliphatic heterocycles. The Balaban J connectivity index is 1.98. The van der Waals surface area contributed by atoms with E-state index in [1.807, 2.05) is 22.8 Å². The average Bonchev–Trinajstić information content (AvgIpc) is 3.03. The van der Waals surface area contributed by atoms with Gasteiger partial charge in [0.25, 0.3) is 0 Å². The third-order valence-corrected chi connectivity index (χ3v) is 4.63. The Hall–Kier alpha value is -1.56. The molecule has 1 aromatic heterocycles. The predicted octanol–water partition coefficient (Wildman–Crippen LogP) is 3.16. The van der Waals surface area contributed by atoms with Crippen LogP contribution in [0.4, 0.5) is 13.2 Å². The molecule has 1 atom stereocenters. The summed E-state index contributed by atoms with van der Waals surface area (Å²) in [6.07, 6.45) is -2.35. The van der Waals surface area contributed by atoms with Crippen LogP contribution in [0.2, 0.25) is 0 Å². The van der Waals surface area contributed by atoms with Gasteiger partial charge in [0.05, 0.1) is 11.0 Å². The van der Waals surface area contributed by atoms with Crippen LogP contribution in [0.15, 0.2) is 24.3 Å². The van der Waals surface area contributed by atoms with E-state index in [4.69, 9.17) is 0 Å². The predicted molar refractivity (Wildman–Crippen MR) is 73.2 cm³/mol. The molecule has 1 unspecified atom stereocenters. The highest BCUT2D eigenvalue weighted by Crippen LogP contribution is 2.49. The molecule has 112 valence electrons. The Kier molecular flexibility index (Phi) is 2.64. The van der Waals surface area contributed by atoms with E-state index in [-0.39, 0.29) is 24.8 Å². The van der Waals surface area contributed by atoms with Gasteiger partial charge < -0.3 is 9.88 Å². The van der Waals surface area contributed by atoms with Crippen molar-refractivity contribution in [1.29, 1.82) is 0 Å². The minimum atomic E-state index is -4.29. The fourth-order valence-corrected chi connectivity index (χ4v) is 3.34. The van der Waals surface area contributed by atoms with Crippen LogP contribution < -0.4 is 5.32 Å². The van der Waals surface area contributed by atoms with Gasteiger partial charge in [-0.05, 0) is 37.9 Å². The summed E-state index contributed by atoms with van der Waals surface area (Å²) in [4.78, 5) is 4.40. The Morgan fingerprint density at radius 2 is 2.00 bits per heavy atom. The SMILES string of the molecule is FC(F)(F)C1(c2nc3ccccc3n2C2CC2)CCNC1. The van der Waals surface area contributed by atoms with Crippen molar-refractivity contribution in [2.24, 2.45) is 0 Å². The molecule has 0 spiro atoms. The summed E-state index contributed by atoms with van der Waals surface area (Å²) in [5.74, 6) is 0.198. The van der Waals surface area contributed by atoms with Crippen molar-refractivity contribution in [3.8, 4) is 0 Å². The van der Waals surface area contributed by atoms with Gasteiger partial charge in [0.15, 0.2) is 0 Å². The Morgan fingerprint density at radius 3 is 2.62 bits per heavy atom. The smallest absolute Gasteiger partial charge is 0.324 e. The van der Waals surface area contributed by atoms with E-state index >= 15 is 0 Å². The lowest BCUT2D eigenvalue weighted by molar-refractivity contribution is -0.187. The van der Waals surface area contributed by atoms with Gasteiger partial charge in [-0.2, -0.15) is 13.2 Å². The van der Waals surface area contributed by atoms with Crippen molar-refractivity contribution < 1.29 is 13.2 Å². The molecule has 1 aromatic carbocycles. The molecule has 6 heteroatoms. The number of rotatable bonds is 2. The molecular weight excluding hydrogens is 279 g/mol. The van der Waals surface area contributed by atoms with E-state index in [2.05, 4.69) is 10.3 Å². The molecule has 0 amide bonds. The fraction of sp³-hybridized carbons (Fsp3) is 0.533. The van der Waals surface area contributed by atoms with Crippen molar-refractivity contribution in [3.05, 3.63) is 30.1 Å². The van der Waals surface area contributed by atoms with Crippen LogP contribution in [0.5, 0.6) is 0 Å². The molecule has 2 aromatic rings. The van der Waals surface area contributed by atoms with Gasteiger partial charge in [-0.3, -0.25) is 0 Å². The molecule has 0 radical (unpaired) electrons. The number of para-hydroxylation sites is 2. The lowest BCUT2D eigenvalue weighted by Crippen LogP contribution is -2.46. The number of nitrogens with zero attached hydrogens (tertiary/aromatic N) is 2. The number of benzene rings is 1. The largest absolute Gasteiger partial charge is 0.402 e. The highest BCUT2D eigenvalue weighted by Gasteiger charge is 2.60. The van der Waals surface area contributed by atoms with Crippen LogP contribution >= 0.6 is 0 Å². The van der Waals surface area contributed by atoms with Gasteiger partial charge in [-0.25, -0.2) is 4.98 Å². The van der Waals surface area contributed by atoms with Crippen LogP contribution in [-0.4, -0.2) is 28.8 Å². The molecule has 2 heterocycles. The quantitative estimate of drug-likeness (QED) is 0.922. The van der Waals surface area contributed by atoms with Crippen molar-refractivity contribution in [2.45, 2.75) is 36.9 Å². The summed E-state index contributed by atoms with van der Waals surface area (Å²) < 4.78 is 43.2. The molecule has 21 heavy (non-hydrogen) atoms. The zero-order chi connectivity index (χ0) is 14.7. The number of fused-ring (bicyclic) bond motifs is 1. The number of aromatic nitrogens is 2. The second kappa shape index (κ2) is 4.22. The summed E-state index contributed by atoms with van der Waals surface area (Å²) in [6.45, 7) is 0.305. The van der Waals surface area contributed by atoms with Crippen LogP contribution in [-0.2, 0) is 5.41 Å². The Labute approximate surface area is 120 Å². The lowest BCUT2D eigenvalue weighted by Gasteiger charge is -2.31. The van der Waals surface area contributed by atoms with Crippen LogP contribution in [0.1, 0.15) is 31.1 Å². The zero-order valence-electron chi connectivity index (χ0n) is 11.5. The van der Waals surface area contributed by atoms with Gasteiger partial charge in [0.2, 0.25) is 0 Å². The first-order chi connectivity index (χ1) is 10.0. The number of alkyl halides is 3. The highest BCUT2D eigenvalue weighted by molar-refractivity contribution is 5.76. The molecule has 1 saturated heterocycles. The number of imidazole rings is 1. The number of hydrogen-bond acceptors (Lipinski definition) is 2. The van der Waals surface area contributed by atoms with Crippen molar-refractivity contribution in [1.82, 2.24) is 14.9 Å². The molecule has 1 aliphatic carbocycles. The van der Waals surface area contributed by atoms with Gasteiger partial charge >= 0.3 is 6.18 Å². The Bertz CT molecular complexity index is 679. The van der Waals surface area contributed by atoms with Crippen molar-refractivity contribution in [3.63, 3.8) is 0 Å². The normalized spacial score (nSPS) is 26.6. The van der Waals surface area contributed by atoms with E-state index in [9.17, 15) is 13.2 Å². The van der Waals surface area contributed by atoms with E-state index in [0.717, 1.165) is 18.4 Å². The average molecular weight is 295 g/mol. The molecule has 2 aliphatic rings. The molecule has 1 saturated carbocycles. The number of hydrogen-bond donors (Lipinski definition) is 1. The molecule has 2 fully saturated rings. The van der Waals surface area contributed by atoms with E-state index < -0.39 is 11.6 Å². The first-order valence-electron chi connectivity index (χ1n) is 7.28. The summed E-state index contributed by atoms with van der Waals surface area (Å²) in [5.41, 5.74) is -0.366. The van der Waals surface area contributed by atoms with Crippen LogP contribution in [0.3, 0.4) is 0 Å². The summed E-state index contributed by atoms with van der Waals surface area (Å²) in [5, 5.41) is 2.88. The maximum atomic E-state index is 13.8. The number of halogens is 3. The lowest BCUT2D eigenvalue weighted by atomic mass is 9.85. The first kappa shape index (κ1) is 13.1. The Morgan fingerprint density at radius 1 is 1.24 bits per heavy atom. The molecule has 0 bridgehead atoms. The van der Waals surface area contributed by atoms with E-state index in [1.165, 1.54) is 0 Å². The standard InChI is InChI=1S/C15H16F3N3/c16-15(17,18)14(7-8-19-9-14)13-20-11-3-1-2-4-12(11)21(13)10-5-6-10/h1-4,10,19H,5-9H2. The summed E-state index contributed by atoms with van der Waals surface area (Å²) >= 11 is 0. The maximum Gasteiger partial charge on any atom is 0.402 e. The summed E-state index contributed by atoms with van der Waals surface area (Å²) in [6, 6.07) is 7.52. The maximum absolute atomic E-state index is 13.8. The minimum absolute atomic E-state index is 0.0620. The van der Waals surface area contributed by atoms with Gasteiger partial charge in [0.1, 0.15) is 11.2 Å². The third kappa shape index (κ3) is 1.81. The summed E-state index contributed by atoms with van der Waals surface area (Å²) in [7, 11) is 0. The number of nitrogens with one attached hydrogen (secondary N) is 1. The topological polar surface area (TPSA) is 29.9 Å². The van der Waals surface area contributed by atoms with Gasteiger partial charge in [0, 0.05) is 12.6 Å². The van der Waals surface area contributed by atoms with Gasteiger partial charge in [-0.15, -0.1) is 0 Å². The zero-order valence-corrected chi connectivity index (χ0v) is 11.5. The second-order valence-electron chi connectivity index (χ2n) is 6.03.